The monoisotopic (exact) mass is 391 g/mol. The van der Waals surface area contributed by atoms with Gasteiger partial charge in [0, 0.05) is 17.7 Å². The first-order valence-electron chi connectivity index (χ1n) is 9.60. The molecule has 6 heteroatoms. The van der Waals surface area contributed by atoms with Crippen molar-refractivity contribution in [2.75, 3.05) is 13.2 Å². The van der Waals surface area contributed by atoms with E-state index in [0.717, 1.165) is 12.8 Å². The fourth-order valence-corrected chi connectivity index (χ4v) is 2.72. The van der Waals surface area contributed by atoms with Crippen molar-refractivity contribution in [3.63, 3.8) is 0 Å². The third kappa shape index (κ3) is 8.59. The van der Waals surface area contributed by atoms with Crippen LogP contribution in [-0.4, -0.2) is 34.8 Å². The Balaban J connectivity index is 0.000000769. The largest absolute Gasteiger partial charge is 0.463 e. The number of benzene rings is 1. The molecule has 0 bridgehead atoms. The third-order valence-electron chi connectivity index (χ3n) is 4.41. The van der Waals surface area contributed by atoms with Crippen molar-refractivity contribution in [2.45, 2.75) is 58.9 Å². The van der Waals surface area contributed by atoms with Crippen LogP contribution in [0.5, 0.6) is 0 Å². The summed E-state index contributed by atoms with van der Waals surface area (Å²) in [5, 5.41) is 10.6. The molecule has 0 saturated heterocycles. The summed E-state index contributed by atoms with van der Waals surface area (Å²) >= 11 is 0. The van der Waals surface area contributed by atoms with E-state index < -0.39 is 0 Å². The smallest absolute Gasteiger partial charge is 0.333 e. The predicted molar refractivity (Wildman–Crippen MR) is 115 cm³/mol. The number of ether oxygens (including phenoxy) is 1. The van der Waals surface area contributed by atoms with Gasteiger partial charge in [0.25, 0.3) is 0 Å². The third-order valence-corrected chi connectivity index (χ3v) is 4.41. The maximum absolute atomic E-state index is 10.4. The van der Waals surface area contributed by atoms with E-state index in [0.29, 0.717) is 23.8 Å². The van der Waals surface area contributed by atoms with E-state index in [1.807, 2.05) is 18.2 Å². The number of hydrogen-bond donors (Lipinski definition) is 3. The van der Waals surface area contributed by atoms with E-state index in [-0.39, 0.29) is 18.1 Å². The summed E-state index contributed by atoms with van der Waals surface area (Å²) in [6.45, 7) is 13.4. The van der Waals surface area contributed by atoms with E-state index in [1.165, 1.54) is 5.56 Å². The lowest BCUT2D eigenvalue weighted by Crippen LogP contribution is -2.50. The predicted octanol–water partition coefficient (Wildman–Crippen LogP) is 3.44. The summed E-state index contributed by atoms with van der Waals surface area (Å²) in [6.07, 6.45) is 3.74. The van der Waals surface area contributed by atoms with Crippen molar-refractivity contribution >= 4 is 5.97 Å². The van der Waals surface area contributed by atoms with E-state index in [1.54, 1.807) is 25.1 Å². The van der Waals surface area contributed by atoms with Gasteiger partial charge in [0.05, 0.1) is 24.4 Å². The second-order valence-corrected chi connectivity index (χ2v) is 7.18. The van der Waals surface area contributed by atoms with Gasteiger partial charge in [0.2, 0.25) is 0 Å². The lowest BCUT2D eigenvalue weighted by atomic mass is 9.78. The molecule has 0 spiro atoms. The van der Waals surface area contributed by atoms with Crippen molar-refractivity contribution in [3.05, 3.63) is 59.9 Å². The molecule has 0 aliphatic rings. The highest BCUT2D eigenvalue weighted by molar-refractivity contribution is 5.86. The number of carbonyl (C=O) groups is 1. The fourth-order valence-electron chi connectivity index (χ4n) is 2.72. The summed E-state index contributed by atoms with van der Waals surface area (Å²) in [4.78, 5) is 10.4. The fraction of sp³-hybridized carbons (Fsp3) is 0.500. The molecule has 0 radical (unpaired) electrons. The molecular formula is C22H37N3O3. The number of hydrazine groups is 1. The van der Waals surface area contributed by atoms with Crippen LogP contribution < -0.4 is 11.6 Å². The Kier molecular flexibility index (Phi) is 11.9. The zero-order chi connectivity index (χ0) is 21.7. The normalized spacial score (nSPS) is 12.5. The quantitative estimate of drug-likeness (QED) is 0.258. The van der Waals surface area contributed by atoms with Crippen molar-refractivity contribution in [1.82, 2.24) is 5.01 Å². The van der Waals surface area contributed by atoms with Gasteiger partial charge < -0.3 is 20.6 Å². The number of aliphatic hydroxyl groups is 1. The highest BCUT2D eigenvalue weighted by atomic mass is 16.5. The average Bonchev–Trinajstić information content (AvgIpc) is 2.67. The van der Waals surface area contributed by atoms with E-state index in [4.69, 9.17) is 16.7 Å². The van der Waals surface area contributed by atoms with Crippen LogP contribution in [0.4, 0.5) is 0 Å². The molecule has 1 atom stereocenters. The second-order valence-electron chi connectivity index (χ2n) is 7.18. The van der Waals surface area contributed by atoms with Crippen molar-refractivity contribution in [2.24, 2.45) is 11.6 Å². The maximum Gasteiger partial charge on any atom is 0.333 e. The van der Waals surface area contributed by atoms with Gasteiger partial charge in [-0.15, -0.1) is 0 Å². The number of rotatable bonds is 9. The van der Waals surface area contributed by atoms with E-state index in [2.05, 4.69) is 44.2 Å². The molecule has 0 amide bonds. The number of aliphatic hydroxyl groups excluding tert-OH is 1. The van der Waals surface area contributed by atoms with Crippen LogP contribution in [0.15, 0.2) is 54.4 Å². The molecule has 1 aromatic carbocycles. The summed E-state index contributed by atoms with van der Waals surface area (Å²) < 4.78 is 4.56. The Bertz CT molecular complexity index is 627. The number of nitrogens with zero attached hydrogens (tertiary/aromatic N) is 1. The summed E-state index contributed by atoms with van der Waals surface area (Å²) in [7, 11) is 0. The van der Waals surface area contributed by atoms with Gasteiger partial charge in [-0.05, 0) is 39.7 Å². The molecule has 158 valence electrons. The van der Waals surface area contributed by atoms with Gasteiger partial charge in [-0.2, -0.15) is 0 Å². The number of carbonyl (C=O) groups excluding carboxylic acids is 1. The maximum atomic E-state index is 10.4. The molecule has 1 aromatic rings. The minimum absolute atomic E-state index is 0.187. The lowest BCUT2D eigenvalue weighted by Gasteiger charge is -2.41. The van der Waals surface area contributed by atoms with Gasteiger partial charge in [0.15, 0.2) is 0 Å². The van der Waals surface area contributed by atoms with Gasteiger partial charge in [-0.25, -0.2) is 10.6 Å². The van der Waals surface area contributed by atoms with E-state index in [9.17, 15) is 4.79 Å². The Labute approximate surface area is 169 Å². The Morgan fingerprint density at radius 3 is 2.29 bits per heavy atom. The Morgan fingerprint density at radius 2 is 1.89 bits per heavy atom. The molecule has 0 fully saturated rings. The lowest BCUT2D eigenvalue weighted by molar-refractivity contribution is -0.138. The minimum Gasteiger partial charge on any atom is -0.463 e. The molecular weight excluding hydrogens is 354 g/mol. The van der Waals surface area contributed by atoms with Crippen molar-refractivity contribution in [3.8, 4) is 0 Å². The molecule has 0 aliphatic heterocycles. The van der Waals surface area contributed by atoms with Gasteiger partial charge in [0.1, 0.15) is 0 Å². The summed E-state index contributed by atoms with van der Waals surface area (Å²) in [5.74, 6) is 6.14. The zero-order valence-electron chi connectivity index (χ0n) is 17.9. The van der Waals surface area contributed by atoms with Gasteiger partial charge in [-0.3, -0.25) is 0 Å². The molecule has 1 rings (SSSR count). The van der Waals surface area contributed by atoms with Crippen LogP contribution in [0.1, 0.15) is 58.9 Å². The first-order chi connectivity index (χ1) is 13.1. The first-order valence-corrected chi connectivity index (χ1v) is 9.60. The minimum atomic E-state index is -0.312. The highest BCUT2D eigenvalue weighted by Crippen LogP contribution is 2.35. The Hall–Kier alpha value is -2.31. The molecule has 0 heterocycles. The number of hydrogen-bond acceptors (Lipinski definition) is 6. The van der Waals surface area contributed by atoms with Gasteiger partial charge >= 0.3 is 5.97 Å². The zero-order valence-corrected chi connectivity index (χ0v) is 17.9. The van der Waals surface area contributed by atoms with Crippen LogP contribution in [0.25, 0.3) is 0 Å². The van der Waals surface area contributed by atoms with Gasteiger partial charge in [-0.1, -0.05) is 50.3 Å². The molecule has 0 aromatic heterocycles. The number of esters is 1. The van der Waals surface area contributed by atoms with Crippen molar-refractivity contribution < 1.29 is 14.6 Å². The van der Waals surface area contributed by atoms with Crippen LogP contribution >= 0.6 is 0 Å². The van der Waals surface area contributed by atoms with Crippen LogP contribution in [-0.2, 0) is 9.53 Å². The summed E-state index contributed by atoms with van der Waals surface area (Å²) in [6, 6.07) is 10.4. The summed E-state index contributed by atoms with van der Waals surface area (Å²) in [5.41, 5.74) is 7.46. The molecule has 5 N–H and O–H groups in total. The SMILES string of the molecule is C=C(C)C(=O)OCC.CCCC(c1ccccc1)C(C)(C)N(N)/C=C(\N)CO. The standard InChI is InChI=1S/C16H27N3O.C6H10O2/c1-4-8-15(13-9-6-5-7-10-13)16(2,3)19(18)11-14(17)12-20;1-4-8-6(7)5(2)3/h5-7,9-11,15,20H,4,8,12,17-18H2,1-3H3;2,4H2,1,3H3/b14-11-;. The Morgan fingerprint density at radius 1 is 1.32 bits per heavy atom. The van der Waals surface area contributed by atoms with Crippen LogP contribution in [0, 0.1) is 0 Å². The van der Waals surface area contributed by atoms with Crippen LogP contribution in [0.2, 0.25) is 0 Å². The van der Waals surface area contributed by atoms with E-state index >= 15 is 0 Å². The topological polar surface area (TPSA) is 102 Å². The molecule has 28 heavy (non-hydrogen) atoms. The molecule has 1 unspecified atom stereocenters. The average molecular weight is 392 g/mol. The first kappa shape index (κ1) is 25.7. The van der Waals surface area contributed by atoms with Crippen LogP contribution in [0.3, 0.4) is 0 Å². The highest BCUT2D eigenvalue weighted by Gasteiger charge is 2.33. The van der Waals surface area contributed by atoms with Crippen molar-refractivity contribution in [1.29, 1.82) is 0 Å². The molecule has 0 saturated carbocycles. The second kappa shape index (κ2) is 13.0. The number of nitrogens with two attached hydrogens (primary N) is 2. The molecule has 6 nitrogen and oxygen atoms in total. The molecule has 0 aliphatic carbocycles.